The molecule has 0 fully saturated rings. The first-order chi connectivity index (χ1) is 9.06. The Morgan fingerprint density at radius 3 is 2.53 bits per heavy atom. The van der Waals surface area contributed by atoms with E-state index in [2.05, 4.69) is 26.1 Å². The molecule has 2 aromatic rings. The quantitative estimate of drug-likeness (QED) is 0.937. The Labute approximate surface area is 118 Å². The van der Waals surface area contributed by atoms with Crippen LogP contribution in [0.1, 0.15) is 16.1 Å². The van der Waals surface area contributed by atoms with Crippen molar-refractivity contribution >= 4 is 21.8 Å². The Kier molecular flexibility index (Phi) is 4.11. The standard InChI is InChI=1S/C13H12BrN3O2/c1-17(8-9-2-4-10(14)5-3-9)13(19)11-6-7-12(18)16-15-11/h2-7H,8H2,1H3,(H,16,18). The minimum Gasteiger partial charge on any atom is -0.336 e. The minimum atomic E-state index is -0.327. The molecular weight excluding hydrogens is 310 g/mol. The van der Waals surface area contributed by atoms with Crippen LogP contribution < -0.4 is 5.56 Å². The fraction of sp³-hybridized carbons (Fsp3) is 0.154. The Hall–Kier alpha value is -1.95. The van der Waals surface area contributed by atoms with Gasteiger partial charge in [0.05, 0.1) is 0 Å². The van der Waals surface area contributed by atoms with Crippen LogP contribution in [0.25, 0.3) is 0 Å². The second kappa shape index (κ2) is 5.79. The highest BCUT2D eigenvalue weighted by Gasteiger charge is 2.13. The number of carbonyl (C=O) groups excluding carboxylic acids is 1. The van der Waals surface area contributed by atoms with E-state index in [9.17, 15) is 9.59 Å². The summed E-state index contributed by atoms with van der Waals surface area (Å²) in [7, 11) is 1.69. The summed E-state index contributed by atoms with van der Waals surface area (Å²) in [5.41, 5.74) is 0.912. The number of nitrogens with zero attached hydrogens (tertiary/aromatic N) is 2. The fourth-order valence-corrected chi connectivity index (χ4v) is 1.86. The number of nitrogens with one attached hydrogen (secondary N) is 1. The van der Waals surface area contributed by atoms with Gasteiger partial charge in [-0.25, -0.2) is 5.10 Å². The number of aromatic amines is 1. The Morgan fingerprint density at radius 2 is 1.95 bits per heavy atom. The molecule has 0 atom stereocenters. The van der Waals surface area contributed by atoms with Crippen LogP contribution in [0.15, 0.2) is 45.7 Å². The van der Waals surface area contributed by atoms with E-state index in [4.69, 9.17) is 0 Å². The summed E-state index contributed by atoms with van der Waals surface area (Å²) >= 11 is 3.36. The van der Waals surface area contributed by atoms with Crippen LogP contribution in [0.2, 0.25) is 0 Å². The summed E-state index contributed by atoms with van der Waals surface area (Å²) in [6.45, 7) is 0.479. The normalized spacial score (nSPS) is 10.2. The van der Waals surface area contributed by atoms with Gasteiger partial charge in [-0.05, 0) is 23.8 Å². The lowest BCUT2D eigenvalue weighted by Crippen LogP contribution is -2.28. The highest BCUT2D eigenvalue weighted by atomic mass is 79.9. The van der Waals surface area contributed by atoms with E-state index in [-0.39, 0.29) is 17.2 Å². The first kappa shape index (κ1) is 13.5. The summed E-state index contributed by atoms with van der Waals surface area (Å²) in [4.78, 5) is 24.5. The molecule has 0 unspecified atom stereocenters. The zero-order chi connectivity index (χ0) is 13.8. The van der Waals surface area contributed by atoms with E-state index in [1.54, 1.807) is 11.9 Å². The van der Waals surface area contributed by atoms with Crippen molar-refractivity contribution in [1.29, 1.82) is 0 Å². The lowest BCUT2D eigenvalue weighted by Gasteiger charge is -2.16. The predicted molar refractivity (Wildman–Crippen MR) is 74.8 cm³/mol. The molecule has 6 heteroatoms. The molecule has 19 heavy (non-hydrogen) atoms. The van der Waals surface area contributed by atoms with E-state index in [0.717, 1.165) is 10.0 Å². The van der Waals surface area contributed by atoms with Crippen LogP contribution in [0.3, 0.4) is 0 Å². The molecule has 0 spiro atoms. The third-order valence-electron chi connectivity index (χ3n) is 2.58. The van der Waals surface area contributed by atoms with Gasteiger partial charge in [0.15, 0.2) is 0 Å². The number of rotatable bonds is 3. The fourth-order valence-electron chi connectivity index (χ4n) is 1.59. The zero-order valence-electron chi connectivity index (χ0n) is 10.3. The van der Waals surface area contributed by atoms with Crippen molar-refractivity contribution in [3.8, 4) is 0 Å². The summed E-state index contributed by atoms with van der Waals surface area (Å²) in [5.74, 6) is -0.237. The minimum absolute atomic E-state index is 0.221. The number of amides is 1. The molecule has 0 aliphatic heterocycles. The maximum Gasteiger partial charge on any atom is 0.274 e. The van der Waals surface area contributed by atoms with Crippen LogP contribution >= 0.6 is 15.9 Å². The van der Waals surface area contributed by atoms with Crippen LogP contribution in [0, 0.1) is 0 Å². The van der Waals surface area contributed by atoms with Gasteiger partial charge < -0.3 is 4.90 Å². The molecule has 1 amide bonds. The second-order valence-corrected chi connectivity index (χ2v) is 5.01. The van der Waals surface area contributed by atoms with E-state index >= 15 is 0 Å². The Bertz CT molecular complexity index is 617. The van der Waals surface area contributed by atoms with Crippen molar-refractivity contribution in [2.24, 2.45) is 0 Å². The highest BCUT2D eigenvalue weighted by Crippen LogP contribution is 2.12. The topological polar surface area (TPSA) is 66.1 Å². The largest absolute Gasteiger partial charge is 0.336 e. The third-order valence-corrected chi connectivity index (χ3v) is 3.11. The van der Waals surface area contributed by atoms with E-state index in [1.165, 1.54) is 12.1 Å². The summed E-state index contributed by atoms with van der Waals surface area (Å²) < 4.78 is 0.993. The average Bonchev–Trinajstić information content (AvgIpc) is 2.41. The van der Waals surface area contributed by atoms with Crippen molar-refractivity contribution < 1.29 is 4.79 Å². The SMILES string of the molecule is CN(Cc1ccc(Br)cc1)C(=O)c1ccc(=O)[nH]n1. The van der Waals surface area contributed by atoms with Crippen molar-refractivity contribution in [2.45, 2.75) is 6.54 Å². The molecular formula is C13H12BrN3O2. The number of carbonyl (C=O) groups is 1. The number of benzene rings is 1. The zero-order valence-corrected chi connectivity index (χ0v) is 11.8. The maximum absolute atomic E-state index is 12.1. The van der Waals surface area contributed by atoms with Gasteiger partial charge in [-0.3, -0.25) is 9.59 Å². The number of hydrogen-bond acceptors (Lipinski definition) is 3. The van der Waals surface area contributed by atoms with Crippen LogP contribution in [0.4, 0.5) is 0 Å². The molecule has 5 nitrogen and oxygen atoms in total. The third kappa shape index (κ3) is 3.51. The number of hydrogen-bond donors (Lipinski definition) is 1. The smallest absolute Gasteiger partial charge is 0.274 e. The number of aromatic nitrogens is 2. The first-order valence-corrected chi connectivity index (χ1v) is 6.41. The molecule has 1 aromatic heterocycles. The van der Waals surface area contributed by atoms with Crippen molar-refractivity contribution in [3.05, 3.63) is 62.5 Å². The van der Waals surface area contributed by atoms with Gasteiger partial charge in [0.25, 0.3) is 11.5 Å². The van der Waals surface area contributed by atoms with Crippen molar-refractivity contribution in [1.82, 2.24) is 15.1 Å². The molecule has 1 heterocycles. The van der Waals surface area contributed by atoms with Crippen molar-refractivity contribution in [3.63, 3.8) is 0 Å². The predicted octanol–water partition coefficient (Wildman–Crippen LogP) is 1.80. The summed E-state index contributed by atoms with van der Waals surface area (Å²) in [6, 6.07) is 10.4. The molecule has 0 aliphatic rings. The van der Waals surface area contributed by atoms with Crippen molar-refractivity contribution in [2.75, 3.05) is 7.05 Å². The lowest BCUT2D eigenvalue weighted by molar-refractivity contribution is 0.0778. The maximum atomic E-state index is 12.1. The van der Waals surface area contributed by atoms with Gasteiger partial charge in [-0.1, -0.05) is 28.1 Å². The van der Waals surface area contributed by atoms with Gasteiger partial charge in [-0.2, -0.15) is 5.10 Å². The van der Waals surface area contributed by atoms with Gasteiger partial charge >= 0.3 is 0 Å². The van der Waals surface area contributed by atoms with E-state index in [1.807, 2.05) is 24.3 Å². The molecule has 0 saturated carbocycles. The molecule has 1 N–H and O–H groups in total. The van der Waals surface area contributed by atoms with E-state index in [0.29, 0.717) is 6.54 Å². The molecule has 1 aromatic carbocycles. The molecule has 2 rings (SSSR count). The van der Waals surface area contributed by atoms with Gasteiger partial charge in [0.2, 0.25) is 0 Å². The molecule has 0 bridgehead atoms. The Morgan fingerprint density at radius 1 is 1.26 bits per heavy atom. The summed E-state index contributed by atoms with van der Waals surface area (Å²) in [5, 5.41) is 5.97. The monoisotopic (exact) mass is 321 g/mol. The molecule has 98 valence electrons. The van der Waals surface area contributed by atoms with E-state index < -0.39 is 0 Å². The summed E-state index contributed by atoms with van der Waals surface area (Å²) in [6.07, 6.45) is 0. The lowest BCUT2D eigenvalue weighted by atomic mass is 10.2. The molecule has 0 radical (unpaired) electrons. The number of halogens is 1. The first-order valence-electron chi connectivity index (χ1n) is 5.62. The molecule has 0 aliphatic carbocycles. The van der Waals surface area contributed by atoms with Gasteiger partial charge in [0, 0.05) is 24.1 Å². The van der Waals surface area contributed by atoms with Crippen LogP contribution in [-0.2, 0) is 6.54 Å². The number of H-pyrrole nitrogens is 1. The molecule has 0 saturated heterocycles. The van der Waals surface area contributed by atoms with Gasteiger partial charge in [-0.15, -0.1) is 0 Å². The van der Waals surface area contributed by atoms with Crippen LogP contribution in [-0.4, -0.2) is 28.1 Å². The average molecular weight is 322 g/mol. The van der Waals surface area contributed by atoms with Crippen LogP contribution in [0.5, 0.6) is 0 Å². The highest BCUT2D eigenvalue weighted by molar-refractivity contribution is 9.10. The second-order valence-electron chi connectivity index (χ2n) is 4.09. The Balaban J connectivity index is 2.09. The van der Waals surface area contributed by atoms with Gasteiger partial charge in [0.1, 0.15) is 5.69 Å².